The van der Waals surface area contributed by atoms with E-state index in [9.17, 15) is 0 Å². The van der Waals surface area contributed by atoms with Crippen molar-refractivity contribution < 1.29 is 9.47 Å². The molecule has 3 heteroatoms. The number of hydrogen-bond acceptors (Lipinski definition) is 2. The van der Waals surface area contributed by atoms with Crippen LogP contribution in [0, 0.1) is 0 Å². The Balaban J connectivity index is 1.93. The molecule has 2 rings (SSSR count). The highest BCUT2D eigenvalue weighted by Gasteiger charge is 2.04. The topological polar surface area (TPSA) is 18.5 Å². The summed E-state index contributed by atoms with van der Waals surface area (Å²) in [6, 6.07) is 17.3. The van der Waals surface area contributed by atoms with E-state index in [2.05, 4.69) is 15.9 Å². The van der Waals surface area contributed by atoms with E-state index in [1.165, 1.54) is 0 Å². The van der Waals surface area contributed by atoms with Gasteiger partial charge in [-0.25, -0.2) is 0 Å². The smallest absolute Gasteiger partial charge is 0.238 e. The van der Waals surface area contributed by atoms with E-state index >= 15 is 0 Å². The van der Waals surface area contributed by atoms with Gasteiger partial charge in [-0.15, -0.1) is 0 Å². The van der Waals surface area contributed by atoms with Crippen LogP contribution in [-0.2, 0) is 0 Å². The van der Waals surface area contributed by atoms with Gasteiger partial charge >= 0.3 is 0 Å². The van der Waals surface area contributed by atoms with Crippen LogP contribution in [0.3, 0.4) is 0 Å². The molecule has 0 saturated carbocycles. The molecule has 0 aliphatic rings. The second-order valence-electron chi connectivity index (χ2n) is 3.57. The van der Waals surface area contributed by atoms with Crippen LogP contribution >= 0.6 is 15.9 Å². The molecule has 2 aromatic rings. The van der Waals surface area contributed by atoms with Gasteiger partial charge in [0.2, 0.25) is 6.29 Å². The molecule has 0 aromatic heterocycles. The van der Waals surface area contributed by atoms with E-state index in [1.807, 2.05) is 61.5 Å². The van der Waals surface area contributed by atoms with Crippen LogP contribution in [0.5, 0.6) is 11.5 Å². The Kier molecular flexibility index (Phi) is 4.04. The second kappa shape index (κ2) is 5.73. The van der Waals surface area contributed by atoms with E-state index in [-0.39, 0.29) is 6.29 Å². The molecule has 2 aromatic carbocycles. The highest BCUT2D eigenvalue weighted by Crippen LogP contribution is 2.18. The molecule has 0 N–H and O–H groups in total. The monoisotopic (exact) mass is 292 g/mol. The zero-order valence-corrected chi connectivity index (χ0v) is 11.1. The van der Waals surface area contributed by atoms with E-state index in [1.54, 1.807) is 0 Å². The van der Waals surface area contributed by atoms with Crippen LogP contribution in [0.1, 0.15) is 6.92 Å². The SMILES string of the molecule is CC(Oc1ccccc1)Oc1ccc(Br)cc1. The minimum atomic E-state index is -0.321. The fourth-order valence-corrected chi connectivity index (χ4v) is 1.68. The van der Waals surface area contributed by atoms with E-state index in [4.69, 9.17) is 9.47 Å². The van der Waals surface area contributed by atoms with Crippen LogP contribution in [0.4, 0.5) is 0 Å². The number of halogens is 1. The molecule has 2 nitrogen and oxygen atoms in total. The number of hydrogen-bond donors (Lipinski definition) is 0. The quantitative estimate of drug-likeness (QED) is 0.784. The lowest BCUT2D eigenvalue weighted by Crippen LogP contribution is -2.19. The average Bonchev–Trinajstić information content (AvgIpc) is 2.33. The predicted molar refractivity (Wildman–Crippen MR) is 71.3 cm³/mol. The van der Waals surface area contributed by atoms with Gasteiger partial charge in [0.05, 0.1) is 0 Å². The second-order valence-corrected chi connectivity index (χ2v) is 4.49. The standard InChI is InChI=1S/C14H13BrO2/c1-11(16-13-5-3-2-4-6-13)17-14-9-7-12(15)8-10-14/h2-11H,1H3. The summed E-state index contributed by atoms with van der Waals surface area (Å²) in [5, 5.41) is 0. The number of para-hydroxylation sites is 1. The Bertz CT molecular complexity index is 453. The summed E-state index contributed by atoms with van der Waals surface area (Å²) >= 11 is 3.38. The summed E-state index contributed by atoms with van der Waals surface area (Å²) in [7, 11) is 0. The molecule has 88 valence electrons. The van der Waals surface area contributed by atoms with Gasteiger partial charge in [-0.2, -0.15) is 0 Å². The van der Waals surface area contributed by atoms with Gasteiger partial charge < -0.3 is 9.47 Å². The molecule has 1 atom stereocenters. The molecule has 0 spiro atoms. The molecular weight excluding hydrogens is 280 g/mol. The average molecular weight is 293 g/mol. The molecule has 1 unspecified atom stereocenters. The first-order valence-corrected chi connectivity index (χ1v) is 6.17. The first kappa shape index (κ1) is 12.0. The molecule has 0 heterocycles. The minimum Gasteiger partial charge on any atom is -0.455 e. The molecule has 0 aliphatic carbocycles. The summed E-state index contributed by atoms with van der Waals surface area (Å²) < 4.78 is 12.3. The third kappa shape index (κ3) is 3.79. The van der Waals surface area contributed by atoms with E-state index in [0.717, 1.165) is 16.0 Å². The lowest BCUT2D eigenvalue weighted by atomic mass is 10.3. The summed E-state index contributed by atoms with van der Waals surface area (Å²) in [5.74, 6) is 1.59. The predicted octanol–water partition coefficient (Wildman–Crippen LogP) is 4.25. The van der Waals surface area contributed by atoms with Gasteiger partial charge in [-0.05, 0) is 36.4 Å². The lowest BCUT2D eigenvalue weighted by Gasteiger charge is -2.16. The Labute approximate surface area is 109 Å². The Morgan fingerprint density at radius 1 is 0.824 bits per heavy atom. The lowest BCUT2D eigenvalue weighted by molar-refractivity contribution is 0.0223. The third-order valence-corrected chi connectivity index (χ3v) is 2.69. The molecule has 0 bridgehead atoms. The fourth-order valence-electron chi connectivity index (χ4n) is 1.42. The van der Waals surface area contributed by atoms with Crippen molar-refractivity contribution in [3.63, 3.8) is 0 Å². The van der Waals surface area contributed by atoms with Crippen LogP contribution in [0.25, 0.3) is 0 Å². The number of ether oxygens (including phenoxy) is 2. The van der Waals surface area contributed by atoms with Crippen molar-refractivity contribution in [2.75, 3.05) is 0 Å². The minimum absolute atomic E-state index is 0.321. The third-order valence-electron chi connectivity index (χ3n) is 2.16. The van der Waals surface area contributed by atoms with Gasteiger partial charge in [0.1, 0.15) is 11.5 Å². The highest BCUT2D eigenvalue weighted by atomic mass is 79.9. The molecule has 0 aliphatic heterocycles. The maximum atomic E-state index is 5.63. The van der Waals surface area contributed by atoms with Crippen LogP contribution in [-0.4, -0.2) is 6.29 Å². The maximum Gasteiger partial charge on any atom is 0.238 e. The maximum absolute atomic E-state index is 5.63. The largest absolute Gasteiger partial charge is 0.455 e. The van der Waals surface area contributed by atoms with Gasteiger partial charge in [0.25, 0.3) is 0 Å². The van der Waals surface area contributed by atoms with Gasteiger partial charge in [-0.1, -0.05) is 34.1 Å². The van der Waals surface area contributed by atoms with Crippen molar-refractivity contribution in [2.24, 2.45) is 0 Å². The zero-order chi connectivity index (χ0) is 12.1. The number of benzene rings is 2. The van der Waals surface area contributed by atoms with Gasteiger partial charge in [0.15, 0.2) is 0 Å². The van der Waals surface area contributed by atoms with Crippen LogP contribution in [0.2, 0.25) is 0 Å². The molecule has 0 saturated heterocycles. The Morgan fingerprint density at radius 3 is 1.94 bits per heavy atom. The summed E-state index contributed by atoms with van der Waals surface area (Å²) in [4.78, 5) is 0. The zero-order valence-electron chi connectivity index (χ0n) is 9.47. The molecule has 0 radical (unpaired) electrons. The van der Waals surface area contributed by atoms with Gasteiger partial charge in [-0.3, -0.25) is 0 Å². The van der Waals surface area contributed by atoms with Crippen LogP contribution in [0.15, 0.2) is 59.1 Å². The Morgan fingerprint density at radius 2 is 1.35 bits per heavy atom. The van der Waals surface area contributed by atoms with Crippen molar-refractivity contribution in [1.82, 2.24) is 0 Å². The van der Waals surface area contributed by atoms with E-state index in [0.29, 0.717) is 0 Å². The fraction of sp³-hybridized carbons (Fsp3) is 0.143. The van der Waals surface area contributed by atoms with Crippen molar-refractivity contribution in [3.05, 3.63) is 59.1 Å². The van der Waals surface area contributed by atoms with Crippen molar-refractivity contribution in [2.45, 2.75) is 13.2 Å². The summed E-state index contributed by atoms with van der Waals surface area (Å²) in [5.41, 5.74) is 0. The highest BCUT2D eigenvalue weighted by molar-refractivity contribution is 9.10. The molecule has 0 fully saturated rings. The van der Waals surface area contributed by atoms with Crippen LogP contribution < -0.4 is 9.47 Å². The summed E-state index contributed by atoms with van der Waals surface area (Å²) in [6.45, 7) is 1.87. The van der Waals surface area contributed by atoms with Gasteiger partial charge in [0, 0.05) is 11.4 Å². The van der Waals surface area contributed by atoms with Crippen molar-refractivity contribution in [3.8, 4) is 11.5 Å². The first-order valence-electron chi connectivity index (χ1n) is 5.38. The Hall–Kier alpha value is -1.48. The van der Waals surface area contributed by atoms with E-state index < -0.39 is 0 Å². The van der Waals surface area contributed by atoms with Crippen molar-refractivity contribution in [1.29, 1.82) is 0 Å². The normalized spacial score (nSPS) is 11.9. The number of rotatable bonds is 4. The first-order chi connectivity index (χ1) is 8.24. The molecule has 0 amide bonds. The van der Waals surface area contributed by atoms with Crippen molar-refractivity contribution >= 4 is 15.9 Å². The molecule has 17 heavy (non-hydrogen) atoms. The molecular formula is C14H13BrO2. The summed E-state index contributed by atoms with van der Waals surface area (Å²) in [6.07, 6.45) is -0.321.